The number of nitrogens with zero attached hydrogens (tertiary/aromatic N) is 2. The standard InChI is InChI=1S/C13H21N3O2S/c1-5-6-16(4)12(18)10-8-19-13(14-10)15-11(17)7-9(2)3/h8-9H,5-7H2,1-4H3,(H,14,15,17). The zero-order valence-electron chi connectivity index (χ0n) is 11.9. The van der Waals surface area contributed by atoms with E-state index in [0.717, 1.165) is 6.42 Å². The fourth-order valence-corrected chi connectivity index (χ4v) is 2.30. The predicted molar refractivity (Wildman–Crippen MR) is 77.5 cm³/mol. The third kappa shape index (κ3) is 4.98. The molecule has 2 amide bonds. The Morgan fingerprint density at radius 1 is 1.47 bits per heavy atom. The van der Waals surface area contributed by atoms with E-state index < -0.39 is 0 Å². The Morgan fingerprint density at radius 3 is 2.74 bits per heavy atom. The van der Waals surface area contributed by atoms with Crippen molar-refractivity contribution in [2.45, 2.75) is 33.6 Å². The summed E-state index contributed by atoms with van der Waals surface area (Å²) in [5, 5.41) is 4.88. The van der Waals surface area contributed by atoms with Gasteiger partial charge in [-0.25, -0.2) is 4.98 Å². The number of hydrogen-bond donors (Lipinski definition) is 1. The molecule has 0 spiro atoms. The van der Waals surface area contributed by atoms with E-state index in [-0.39, 0.29) is 11.8 Å². The molecule has 0 unspecified atom stereocenters. The van der Waals surface area contributed by atoms with E-state index in [9.17, 15) is 9.59 Å². The van der Waals surface area contributed by atoms with Crippen molar-refractivity contribution >= 4 is 28.3 Å². The topological polar surface area (TPSA) is 62.3 Å². The molecule has 1 aromatic rings. The number of aromatic nitrogens is 1. The molecular weight excluding hydrogens is 262 g/mol. The Morgan fingerprint density at radius 2 is 2.16 bits per heavy atom. The van der Waals surface area contributed by atoms with Crippen molar-refractivity contribution in [1.29, 1.82) is 0 Å². The van der Waals surface area contributed by atoms with Crippen molar-refractivity contribution < 1.29 is 9.59 Å². The van der Waals surface area contributed by atoms with Crippen LogP contribution in [-0.4, -0.2) is 35.3 Å². The monoisotopic (exact) mass is 283 g/mol. The van der Waals surface area contributed by atoms with E-state index in [1.54, 1.807) is 17.3 Å². The minimum atomic E-state index is -0.109. The summed E-state index contributed by atoms with van der Waals surface area (Å²) >= 11 is 1.28. The summed E-state index contributed by atoms with van der Waals surface area (Å²) in [5.41, 5.74) is 0.390. The number of amides is 2. The van der Waals surface area contributed by atoms with Gasteiger partial charge in [0.2, 0.25) is 5.91 Å². The summed E-state index contributed by atoms with van der Waals surface area (Å²) in [5.74, 6) is 0.129. The maximum atomic E-state index is 12.0. The molecule has 0 aliphatic heterocycles. The van der Waals surface area contributed by atoms with Crippen LogP contribution in [0, 0.1) is 5.92 Å². The van der Waals surface area contributed by atoms with E-state index in [2.05, 4.69) is 10.3 Å². The Kier molecular flexibility index (Phi) is 5.95. The van der Waals surface area contributed by atoms with Crippen molar-refractivity contribution in [2.75, 3.05) is 18.9 Å². The Balaban J connectivity index is 2.62. The quantitative estimate of drug-likeness (QED) is 0.873. The summed E-state index contributed by atoms with van der Waals surface area (Å²) < 4.78 is 0. The van der Waals surface area contributed by atoms with Gasteiger partial charge in [-0.2, -0.15) is 0 Å². The van der Waals surface area contributed by atoms with Gasteiger partial charge >= 0.3 is 0 Å². The molecule has 0 saturated carbocycles. The summed E-state index contributed by atoms with van der Waals surface area (Å²) in [4.78, 5) is 29.4. The summed E-state index contributed by atoms with van der Waals surface area (Å²) in [6.07, 6.45) is 1.36. The van der Waals surface area contributed by atoms with Crippen LogP contribution in [0.3, 0.4) is 0 Å². The highest BCUT2D eigenvalue weighted by Gasteiger charge is 2.15. The molecule has 1 aromatic heterocycles. The molecule has 1 N–H and O–H groups in total. The van der Waals surface area contributed by atoms with Crippen LogP contribution >= 0.6 is 11.3 Å². The van der Waals surface area contributed by atoms with E-state index in [4.69, 9.17) is 0 Å². The fraction of sp³-hybridized carbons (Fsp3) is 0.615. The highest BCUT2D eigenvalue weighted by atomic mass is 32.1. The predicted octanol–water partition coefficient (Wildman–Crippen LogP) is 2.61. The highest BCUT2D eigenvalue weighted by Crippen LogP contribution is 2.17. The number of hydrogen-bond acceptors (Lipinski definition) is 4. The minimum Gasteiger partial charge on any atom is -0.340 e. The lowest BCUT2D eigenvalue weighted by molar-refractivity contribution is -0.116. The number of carbonyl (C=O) groups is 2. The van der Waals surface area contributed by atoms with Gasteiger partial charge in [0.15, 0.2) is 5.13 Å². The average Bonchev–Trinajstić information content (AvgIpc) is 2.75. The zero-order chi connectivity index (χ0) is 14.4. The van der Waals surface area contributed by atoms with Crippen LogP contribution in [-0.2, 0) is 4.79 Å². The molecule has 5 nitrogen and oxygen atoms in total. The van der Waals surface area contributed by atoms with Crippen molar-refractivity contribution in [1.82, 2.24) is 9.88 Å². The van der Waals surface area contributed by atoms with Crippen LogP contribution in [0.15, 0.2) is 5.38 Å². The van der Waals surface area contributed by atoms with Crippen LogP contribution < -0.4 is 5.32 Å². The third-order valence-corrected chi connectivity index (χ3v) is 3.23. The minimum absolute atomic E-state index is 0.0646. The maximum absolute atomic E-state index is 12.0. The molecule has 0 aliphatic carbocycles. The molecule has 0 aliphatic rings. The van der Waals surface area contributed by atoms with Gasteiger partial charge in [0.1, 0.15) is 5.69 Å². The number of carbonyl (C=O) groups excluding carboxylic acids is 2. The third-order valence-electron chi connectivity index (χ3n) is 2.47. The van der Waals surface area contributed by atoms with Crippen molar-refractivity contribution in [2.24, 2.45) is 5.92 Å². The Labute approximate surface area is 118 Å². The fourth-order valence-electron chi connectivity index (χ4n) is 1.60. The van der Waals surface area contributed by atoms with Gasteiger partial charge in [-0.05, 0) is 12.3 Å². The molecule has 0 saturated heterocycles. The first-order valence-electron chi connectivity index (χ1n) is 6.44. The first-order valence-corrected chi connectivity index (χ1v) is 7.32. The van der Waals surface area contributed by atoms with Gasteiger partial charge in [-0.3, -0.25) is 9.59 Å². The molecule has 0 fully saturated rings. The van der Waals surface area contributed by atoms with E-state index in [1.807, 2.05) is 20.8 Å². The van der Waals surface area contributed by atoms with Gasteiger partial charge in [-0.1, -0.05) is 20.8 Å². The molecule has 19 heavy (non-hydrogen) atoms. The van der Waals surface area contributed by atoms with Crippen LogP contribution in [0.1, 0.15) is 44.1 Å². The first-order chi connectivity index (χ1) is 8.93. The van der Waals surface area contributed by atoms with E-state index >= 15 is 0 Å². The molecule has 1 heterocycles. The normalized spacial score (nSPS) is 10.6. The lowest BCUT2D eigenvalue weighted by Crippen LogP contribution is -2.27. The van der Waals surface area contributed by atoms with Crippen molar-refractivity contribution in [3.63, 3.8) is 0 Å². The molecule has 0 bridgehead atoms. The van der Waals surface area contributed by atoms with Gasteiger partial charge in [0, 0.05) is 25.4 Å². The lowest BCUT2D eigenvalue weighted by Gasteiger charge is -2.13. The molecule has 0 radical (unpaired) electrons. The van der Waals surface area contributed by atoms with E-state index in [0.29, 0.717) is 29.7 Å². The highest BCUT2D eigenvalue weighted by molar-refractivity contribution is 7.14. The zero-order valence-corrected chi connectivity index (χ0v) is 12.7. The average molecular weight is 283 g/mol. The molecule has 1 rings (SSSR count). The number of thiazole rings is 1. The smallest absolute Gasteiger partial charge is 0.273 e. The van der Waals surface area contributed by atoms with E-state index in [1.165, 1.54) is 11.3 Å². The van der Waals surface area contributed by atoms with Gasteiger partial charge < -0.3 is 10.2 Å². The summed E-state index contributed by atoms with van der Waals surface area (Å²) in [6, 6.07) is 0. The Hall–Kier alpha value is -1.43. The lowest BCUT2D eigenvalue weighted by atomic mass is 10.1. The number of anilines is 1. The maximum Gasteiger partial charge on any atom is 0.273 e. The van der Waals surface area contributed by atoms with Crippen LogP contribution in [0.5, 0.6) is 0 Å². The van der Waals surface area contributed by atoms with Crippen molar-refractivity contribution in [3.8, 4) is 0 Å². The second-order valence-corrected chi connectivity index (χ2v) is 5.77. The van der Waals surface area contributed by atoms with Crippen LogP contribution in [0.25, 0.3) is 0 Å². The van der Waals surface area contributed by atoms with Gasteiger partial charge in [0.25, 0.3) is 5.91 Å². The van der Waals surface area contributed by atoms with Crippen LogP contribution in [0.4, 0.5) is 5.13 Å². The summed E-state index contributed by atoms with van der Waals surface area (Å²) in [7, 11) is 1.75. The molecule has 6 heteroatoms. The number of nitrogens with one attached hydrogen (secondary N) is 1. The van der Waals surface area contributed by atoms with Crippen LogP contribution in [0.2, 0.25) is 0 Å². The second kappa shape index (κ2) is 7.23. The first kappa shape index (κ1) is 15.6. The largest absolute Gasteiger partial charge is 0.340 e. The molecular formula is C13H21N3O2S. The van der Waals surface area contributed by atoms with Gasteiger partial charge in [0.05, 0.1) is 0 Å². The number of rotatable bonds is 6. The molecule has 0 atom stereocenters. The Bertz CT molecular complexity index is 443. The molecule has 0 aromatic carbocycles. The SMILES string of the molecule is CCCN(C)C(=O)c1csc(NC(=O)CC(C)C)n1. The summed E-state index contributed by atoms with van der Waals surface area (Å²) in [6.45, 7) is 6.68. The second-order valence-electron chi connectivity index (χ2n) is 4.91. The molecule has 106 valence electrons. The van der Waals surface area contributed by atoms with Crippen molar-refractivity contribution in [3.05, 3.63) is 11.1 Å². The van der Waals surface area contributed by atoms with Gasteiger partial charge in [-0.15, -0.1) is 11.3 Å².